The highest BCUT2D eigenvalue weighted by Gasteiger charge is 2.24. The van der Waals surface area contributed by atoms with E-state index in [1.54, 1.807) is 0 Å². The summed E-state index contributed by atoms with van der Waals surface area (Å²) in [6.07, 6.45) is 0. The number of halogens is 6. The number of hydrogen-bond donors (Lipinski definition) is 0. The van der Waals surface area contributed by atoms with Crippen LogP contribution in [0.25, 0.3) is 118 Å². The Labute approximate surface area is 467 Å². The van der Waals surface area contributed by atoms with E-state index in [1.165, 1.54) is 0 Å². The van der Waals surface area contributed by atoms with Gasteiger partial charge in [0.25, 0.3) is 0 Å². The summed E-state index contributed by atoms with van der Waals surface area (Å²) in [7, 11) is 0. The van der Waals surface area contributed by atoms with Gasteiger partial charge in [0.2, 0.25) is 0 Å². The molecule has 6 nitrogen and oxygen atoms in total. The van der Waals surface area contributed by atoms with E-state index in [4.69, 9.17) is 0 Å². The van der Waals surface area contributed by atoms with E-state index in [1.807, 2.05) is 91.0 Å². The summed E-state index contributed by atoms with van der Waals surface area (Å²) < 4.78 is 5.62. The van der Waals surface area contributed by atoms with Gasteiger partial charge in [-0.1, -0.05) is 24.3 Å². The summed E-state index contributed by atoms with van der Waals surface area (Å²) in [5, 5.41) is 82.6. The number of nitriles is 6. The summed E-state index contributed by atoms with van der Waals surface area (Å²) in [5.74, 6) is 0. The molecule has 0 aliphatic rings. The zero-order valence-corrected chi connectivity index (χ0v) is 47.1. The first-order valence-electron chi connectivity index (χ1n) is 20.5. The van der Waals surface area contributed by atoms with Crippen molar-refractivity contribution in [3.63, 3.8) is 0 Å². The van der Waals surface area contributed by atoms with E-state index >= 15 is 0 Å². The standard InChI is InChI=1S/C56H16I6N6/c57-51-6-5-23(17-63)26-7-37-27(8-36(26)51)47(19-65)30-11-41-31(12-40(30)53(37)59)49(21-67)34-15-45-35(16-44(34)55(41)61)50(22-68)33-14-42-32(13-43(33)56(45)62)48(20-66)29-10-38-28(9-39(29)54(42)60)46(18-64)24-3-1-2-4-25(24)52(38)58/h1-16H. The topological polar surface area (TPSA) is 143 Å². The zero-order valence-electron chi connectivity index (χ0n) is 34.2. The Morgan fingerprint density at radius 2 is 0.485 bits per heavy atom. The Hall–Kier alpha value is -5.18. The van der Waals surface area contributed by atoms with Gasteiger partial charge in [-0.05, 0) is 268 Å². The van der Waals surface area contributed by atoms with Crippen molar-refractivity contribution in [1.82, 2.24) is 0 Å². The van der Waals surface area contributed by atoms with Crippen LogP contribution >= 0.6 is 136 Å². The highest BCUT2D eigenvalue weighted by Crippen LogP contribution is 2.47. The van der Waals surface area contributed by atoms with Crippen molar-refractivity contribution in [1.29, 1.82) is 31.6 Å². The maximum atomic E-state index is 11.1. The smallest absolute Gasteiger partial charge is 0.100 e. The van der Waals surface area contributed by atoms with E-state index in [9.17, 15) is 31.6 Å². The Balaban J connectivity index is 1.17. The Morgan fingerprint density at radius 1 is 0.235 bits per heavy atom. The van der Waals surface area contributed by atoms with Gasteiger partial charge < -0.3 is 0 Å². The van der Waals surface area contributed by atoms with Crippen molar-refractivity contribution in [2.45, 2.75) is 0 Å². The molecule has 0 atom stereocenters. The first kappa shape index (κ1) is 44.1. The lowest BCUT2D eigenvalue weighted by atomic mass is 9.87. The number of benzene rings is 12. The highest BCUT2D eigenvalue weighted by molar-refractivity contribution is 14.1. The van der Waals surface area contributed by atoms with Crippen LogP contribution in [0.2, 0.25) is 0 Å². The minimum absolute atomic E-state index is 0.488. The summed E-state index contributed by atoms with van der Waals surface area (Å²) in [5.41, 5.74) is 3.17. The van der Waals surface area contributed by atoms with Gasteiger partial charge in [-0.2, -0.15) is 31.6 Å². The summed E-state index contributed by atoms with van der Waals surface area (Å²) in [4.78, 5) is 0. The lowest BCUT2D eigenvalue weighted by Gasteiger charge is -2.18. The van der Waals surface area contributed by atoms with Gasteiger partial charge in [-0.25, -0.2) is 0 Å². The molecule has 0 unspecified atom stereocenters. The largest absolute Gasteiger partial charge is 0.192 e. The van der Waals surface area contributed by atoms with Crippen LogP contribution in [0.3, 0.4) is 0 Å². The molecule has 0 saturated heterocycles. The fourth-order valence-electron chi connectivity index (χ4n) is 10.3. The molecular formula is C56H16I6N6. The molecule has 12 aromatic carbocycles. The van der Waals surface area contributed by atoms with Gasteiger partial charge >= 0.3 is 0 Å². The highest BCUT2D eigenvalue weighted by atomic mass is 127. The second-order valence-corrected chi connectivity index (χ2v) is 23.0. The van der Waals surface area contributed by atoms with Crippen LogP contribution in [-0.4, -0.2) is 0 Å². The van der Waals surface area contributed by atoms with Crippen LogP contribution < -0.4 is 0 Å². The minimum atomic E-state index is 0.488. The van der Waals surface area contributed by atoms with E-state index in [-0.39, 0.29) is 0 Å². The molecule has 12 rings (SSSR count). The Kier molecular flexibility index (Phi) is 10.5. The molecule has 12 aromatic rings. The molecule has 0 aliphatic carbocycles. The van der Waals surface area contributed by atoms with Gasteiger partial charge in [-0.15, -0.1) is 0 Å². The quantitative estimate of drug-likeness (QED) is 0.109. The number of fused-ring (bicyclic) bond motifs is 11. The third-order valence-corrected chi connectivity index (χ3v) is 20.1. The molecule has 0 radical (unpaired) electrons. The number of rotatable bonds is 0. The average molecular weight is 1530 g/mol. The van der Waals surface area contributed by atoms with Crippen molar-refractivity contribution in [2.24, 2.45) is 0 Å². The third-order valence-electron chi connectivity index (χ3n) is 13.4. The number of nitrogens with zero attached hydrogens (tertiary/aromatic N) is 6. The molecule has 0 bridgehead atoms. The predicted octanol–water partition coefficient (Wildman–Crippen LogP) is 17.2. The van der Waals surface area contributed by atoms with Gasteiger partial charge in [0.1, 0.15) is 30.3 Å². The van der Waals surface area contributed by atoms with E-state index < -0.39 is 0 Å². The van der Waals surface area contributed by atoms with Crippen LogP contribution in [0.4, 0.5) is 0 Å². The van der Waals surface area contributed by atoms with E-state index in [0.717, 1.165) is 140 Å². The molecule has 12 heteroatoms. The van der Waals surface area contributed by atoms with Crippen LogP contribution in [0.15, 0.2) is 97.1 Å². The van der Waals surface area contributed by atoms with Crippen molar-refractivity contribution in [2.75, 3.05) is 0 Å². The predicted molar refractivity (Wildman–Crippen MR) is 324 cm³/mol. The van der Waals surface area contributed by atoms with E-state index in [0.29, 0.717) is 33.4 Å². The molecule has 0 heterocycles. The summed E-state index contributed by atoms with van der Waals surface area (Å²) in [6, 6.07) is 47.0. The SMILES string of the molecule is N#Cc1ccc(I)c2cc3c(C#N)c4cc5c(I)c6cc7c(C#N)c8cc9c(I)c%10cc%11c(C#N)c%12ccccc%12c(I)c%11cc%10c(C#N)c9cc8c(I)c7cc6c(C#N)c5cc4c(I)c3cc12. The number of hydrogen-bond acceptors (Lipinski definition) is 6. The van der Waals surface area contributed by atoms with Gasteiger partial charge in [0, 0.05) is 80.7 Å². The fraction of sp³-hybridized carbons (Fsp3) is 0. The monoisotopic (exact) mass is 1530 g/mol. The molecular weight excluding hydrogens is 1520 g/mol. The van der Waals surface area contributed by atoms with Crippen LogP contribution in [0.1, 0.15) is 33.4 Å². The van der Waals surface area contributed by atoms with Crippen LogP contribution in [-0.2, 0) is 0 Å². The average Bonchev–Trinajstić information content (AvgIpc) is 3.36. The molecule has 0 aliphatic heterocycles. The van der Waals surface area contributed by atoms with Crippen LogP contribution in [0.5, 0.6) is 0 Å². The second-order valence-electron chi connectivity index (χ2n) is 16.5. The lowest BCUT2D eigenvalue weighted by molar-refractivity contribution is 1.50. The molecule has 0 fully saturated rings. The maximum absolute atomic E-state index is 11.1. The molecule has 0 saturated carbocycles. The Morgan fingerprint density at radius 3 is 0.779 bits per heavy atom. The third kappa shape index (κ3) is 5.98. The Bertz CT molecular complexity index is 4830. The van der Waals surface area contributed by atoms with E-state index in [2.05, 4.69) is 178 Å². The zero-order chi connectivity index (χ0) is 47.2. The van der Waals surface area contributed by atoms with Gasteiger partial charge in [0.05, 0.1) is 39.4 Å². The van der Waals surface area contributed by atoms with Gasteiger partial charge in [0.15, 0.2) is 0 Å². The lowest BCUT2D eigenvalue weighted by Crippen LogP contribution is -1.97. The molecule has 0 N–H and O–H groups in total. The minimum Gasteiger partial charge on any atom is -0.192 e. The van der Waals surface area contributed by atoms with Crippen molar-refractivity contribution in [3.8, 4) is 36.4 Å². The normalized spacial score (nSPS) is 11.6. The second kappa shape index (κ2) is 16.2. The molecule has 0 aromatic heterocycles. The molecule has 0 spiro atoms. The summed E-state index contributed by atoms with van der Waals surface area (Å²) in [6.45, 7) is 0. The molecule has 312 valence electrons. The van der Waals surface area contributed by atoms with Crippen molar-refractivity contribution in [3.05, 3.63) is 152 Å². The fourth-order valence-corrected chi connectivity index (χ4v) is 15.4. The first-order chi connectivity index (χ1) is 33.0. The first-order valence-corrected chi connectivity index (χ1v) is 27.0. The maximum Gasteiger partial charge on any atom is 0.100 e. The van der Waals surface area contributed by atoms with Crippen molar-refractivity contribution >= 4 is 254 Å². The van der Waals surface area contributed by atoms with Crippen molar-refractivity contribution < 1.29 is 0 Å². The molecule has 0 amide bonds. The molecule has 68 heavy (non-hydrogen) atoms. The van der Waals surface area contributed by atoms with Crippen LogP contribution in [0, 0.1) is 89.4 Å². The summed E-state index contributed by atoms with van der Waals surface area (Å²) >= 11 is 14.0. The van der Waals surface area contributed by atoms with Gasteiger partial charge in [-0.3, -0.25) is 0 Å².